The summed E-state index contributed by atoms with van der Waals surface area (Å²) < 4.78 is 26.6. The third-order valence-electron chi connectivity index (χ3n) is 4.81. The van der Waals surface area contributed by atoms with E-state index in [1.807, 2.05) is 35.0 Å². The monoisotopic (exact) mass is 460 g/mol. The molecule has 0 aliphatic carbocycles. The standard InChI is InChI=1S/C21H20N2O4S3/c1-14(2)23-21(25)18-8-7-15(11-19(18)30(23,26)27)20(24)22(12-16-5-3-9-28-16)13-17-6-4-10-29-17/h3-11,14H,12-13H2,1-2H3. The molecule has 156 valence electrons. The molecule has 3 heterocycles. The highest BCUT2D eigenvalue weighted by molar-refractivity contribution is 7.90. The first-order valence-corrected chi connectivity index (χ1v) is 12.6. The van der Waals surface area contributed by atoms with Crippen molar-refractivity contribution < 1.29 is 18.0 Å². The Morgan fingerprint density at radius 1 is 1.03 bits per heavy atom. The minimum absolute atomic E-state index is 0.0979. The molecule has 0 N–H and O–H groups in total. The molecule has 0 unspecified atom stereocenters. The lowest BCUT2D eigenvalue weighted by atomic mass is 10.1. The molecule has 2 amide bonds. The number of carbonyl (C=O) groups excluding carboxylic acids is 2. The lowest BCUT2D eigenvalue weighted by Gasteiger charge is -2.22. The SMILES string of the molecule is CC(C)N1C(=O)c2ccc(C(=O)N(Cc3cccs3)Cc3cccs3)cc2S1(=O)=O. The summed E-state index contributed by atoms with van der Waals surface area (Å²) in [5.74, 6) is -0.821. The van der Waals surface area contributed by atoms with E-state index in [1.54, 1.807) is 41.4 Å². The Hall–Kier alpha value is -2.49. The number of nitrogens with zero attached hydrogens (tertiary/aromatic N) is 2. The second kappa shape index (κ2) is 7.98. The quantitative estimate of drug-likeness (QED) is 0.552. The van der Waals surface area contributed by atoms with Crippen LogP contribution in [0.4, 0.5) is 0 Å². The fraction of sp³-hybridized carbons (Fsp3) is 0.238. The third kappa shape index (κ3) is 3.68. The molecule has 0 saturated heterocycles. The largest absolute Gasteiger partial charge is 0.328 e. The topological polar surface area (TPSA) is 74.8 Å². The van der Waals surface area contributed by atoms with Gasteiger partial charge in [0.25, 0.3) is 21.8 Å². The molecule has 0 bridgehead atoms. The second-order valence-corrected chi connectivity index (χ2v) is 11.1. The number of benzene rings is 1. The summed E-state index contributed by atoms with van der Waals surface area (Å²) in [6.07, 6.45) is 0. The van der Waals surface area contributed by atoms with Gasteiger partial charge in [-0.1, -0.05) is 12.1 Å². The van der Waals surface area contributed by atoms with Gasteiger partial charge in [0, 0.05) is 21.4 Å². The van der Waals surface area contributed by atoms with Gasteiger partial charge < -0.3 is 4.90 Å². The number of hydrogen-bond acceptors (Lipinski definition) is 6. The first-order valence-electron chi connectivity index (χ1n) is 9.36. The van der Waals surface area contributed by atoms with E-state index in [9.17, 15) is 18.0 Å². The number of carbonyl (C=O) groups is 2. The lowest BCUT2D eigenvalue weighted by Crippen LogP contribution is -2.36. The Kier molecular flexibility index (Phi) is 5.52. The van der Waals surface area contributed by atoms with E-state index in [4.69, 9.17) is 0 Å². The Labute approximate surface area is 183 Å². The molecular formula is C21H20N2O4S3. The van der Waals surface area contributed by atoms with E-state index in [-0.39, 0.29) is 21.9 Å². The van der Waals surface area contributed by atoms with Gasteiger partial charge in [0.05, 0.1) is 18.7 Å². The van der Waals surface area contributed by atoms with Crippen molar-refractivity contribution in [3.8, 4) is 0 Å². The van der Waals surface area contributed by atoms with Crippen molar-refractivity contribution >= 4 is 44.5 Å². The van der Waals surface area contributed by atoms with Crippen LogP contribution < -0.4 is 0 Å². The summed E-state index contributed by atoms with van der Waals surface area (Å²) in [5.41, 5.74) is 0.368. The molecule has 1 aliphatic rings. The number of thiophene rings is 2. The molecular weight excluding hydrogens is 440 g/mol. The molecule has 0 spiro atoms. The summed E-state index contributed by atoms with van der Waals surface area (Å²) in [6.45, 7) is 4.15. The summed E-state index contributed by atoms with van der Waals surface area (Å²) in [5, 5.41) is 3.91. The molecule has 9 heteroatoms. The molecule has 4 rings (SSSR count). The van der Waals surface area contributed by atoms with Gasteiger partial charge in [0.2, 0.25) is 0 Å². The molecule has 0 radical (unpaired) electrons. The molecule has 2 aromatic heterocycles. The highest BCUT2D eigenvalue weighted by atomic mass is 32.2. The number of rotatable bonds is 6. The number of hydrogen-bond donors (Lipinski definition) is 0. The maximum absolute atomic E-state index is 13.3. The predicted molar refractivity (Wildman–Crippen MR) is 117 cm³/mol. The van der Waals surface area contributed by atoms with Crippen molar-refractivity contribution in [3.63, 3.8) is 0 Å². The van der Waals surface area contributed by atoms with Gasteiger partial charge in [-0.25, -0.2) is 12.7 Å². The van der Waals surface area contributed by atoms with Crippen LogP contribution in [0.15, 0.2) is 58.1 Å². The van der Waals surface area contributed by atoms with E-state index < -0.39 is 22.0 Å². The van der Waals surface area contributed by atoms with Crippen molar-refractivity contribution in [3.05, 3.63) is 74.1 Å². The van der Waals surface area contributed by atoms with E-state index in [2.05, 4.69) is 0 Å². The van der Waals surface area contributed by atoms with Crippen molar-refractivity contribution in [1.82, 2.24) is 9.21 Å². The summed E-state index contributed by atoms with van der Waals surface area (Å²) in [7, 11) is -3.96. The molecule has 1 aromatic carbocycles. The van der Waals surface area contributed by atoms with Crippen molar-refractivity contribution in [2.75, 3.05) is 0 Å². The Morgan fingerprint density at radius 3 is 2.13 bits per heavy atom. The van der Waals surface area contributed by atoms with E-state index in [1.165, 1.54) is 18.2 Å². The van der Waals surface area contributed by atoms with Gasteiger partial charge in [-0.3, -0.25) is 9.59 Å². The van der Waals surface area contributed by atoms with Crippen LogP contribution in [0.2, 0.25) is 0 Å². The molecule has 30 heavy (non-hydrogen) atoms. The highest BCUT2D eigenvalue weighted by Gasteiger charge is 2.43. The maximum Gasteiger partial charge on any atom is 0.269 e. The van der Waals surface area contributed by atoms with Crippen LogP contribution in [-0.2, 0) is 23.1 Å². The predicted octanol–water partition coefficient (Wildman–Crippen LogP) is 4.21. The fourth-order valence-electron chi connectivity index (χ4n) is 3.45. The molecule has 3 aromatic rings. The fourth-order valence-corrected chi connectivity index (χ4v) is 6.69. The number of amides is 2. The molecule has 0 fully saturated rings. The zero-order valence-electron chi connectivity index (χ0n) is 16.4. The highest BCUT2D eigenvalue weighted by Crippen LogP contribution is 2.33. The minimum atomic E-state index is -3.96. The zero-order chi connectivity index (χ0) is 21.5. The summed E-state index contributed by atoms with van der Waals surface area (Å²) >= 11 is 3.12. The second-order valence-electron chi connectivity index (χ2n) is 7.23. The first-order chi connectivity index (χ1) is 14.3. The van der Waals surface area contributed by atoms with Gasteiger partial charge in [0.1, 0.15) is 4.90 Å². The van der Waals surface area contributed by atoms with Crippen LogP contribution in [0.1, 0.15) is 44.3 Å². The average molecular weight is 461 g/mol. The Bertz CT molecular complexity index is 1150. The van der Waals surface area contributed by atoms with E-state index in [0.29, 0.717) is 13.1 Å². The van der Waals surface area contributed by atoms with Gasteiger partial charge in [-0.05, 0) is 54.9 Å². The normalized spacial score (nSPS) is 14.9. The van der Waals surface area contributed by atoms with E-state index >= 15 is 0 Å². The summed E-state index contributed by atoms with van der Waals surface area (Å²) in [4.78, 5) is 29.6. The molecule has 0 saturated carbocycles. The molecule has 1 aliphatic heterocycles. The van der Waals surface area contributed by atoms with Crippen molar-refractivity contribution in [2.45, 2.75) is 37.9 Å². The Morgan fingerprint density at radius 2 is 1.63 bits per heavy atom. The van der Waals surface area contributed by atoms with Crippen LogP contribution in [0.25, 0.3) is 0 Å². The molecule has 6 nitrogen and oxygen atoms in total. The van der Waals surface area contributed by atoms with Crippen LogP contribution >= 0.6 is 22.7 Å². The Balaban J connectivity index is 1.69. The lowest BCUT2D eigenvalue weighted by molar-refractivity contribution is 0.0732. The van der Waals surface area contributed by atoms with Crippen LogP contribution in [0.3, 0.4) is 0 Å². The third-order valence-corrected chi connectivity index (χ3v) is 8.53. The average Bonchev–Trinajstić information content (AvgIpc) is 3.43. The van der Waals surface area contributed by atoms with Gasteiger partial charge >= 0.3 is 0 Å². The number of sulfonamides is 1. The van der Waals surface area contributed by atoms with Gasteiger partial charge in [0.15, 0.2) is 0 Å². The smallest absolute Gasteiger partial charge is 0.269 e. The maximum atomic E-state index is 13.3. The van der Waals surface area contributed by atoms with Crippen LogP contribution in [-0.4, -0.2) is 35.5 Å². The minimum Gasteiger partial charge on any atom is -0.328 e. The van der Waals surface area contributed by atoms with Crippen LogP contribution in [0.5, 0.6) is 0 Å². The van der Waals surface area contributed by atoms with Crippen molar-refractivity contribution in [1.29, 1.82) is 0 Å². The number of fused-ring (bicyclic) bond motifs is 1. The van der Waals surface area contributed by atoms with Crippen molar-refractivity contribution in [2.24, 2.45) is 0 Å². The molecule has 0 atom stereocenters. The van der Waals surface area contributed by atoms with E-state index in [0.717, 1.165) is 14.1 Å². The summed E-state index contributed by atoms with van der Waals surface area (Å²) in [6, 6.07) is 11.6. The van der Waals surface area contributed by atoms with Crippen LogP contribution in [0, 0.1) is 0 Å². The van der Waals surface area contributed by atoms with Gasteiger partial charge in [-0.15, -0.1) is 22.7 Å². The zero-order valence-corrected chi connectivity index (χ0v) is 18.9. The van der Waals surface area contributed by atoms with Gasteiger partial charge in [-0.2, -0.15) is 0 Å². The first kappa shape index (κ1) is 20.8.